The molecule has 3 N–H and O–H groups in total. The third kappa shape index (κ3) is 3.23. The first-order valence-electron chi connectivity index (χ1n) is 5.91. The fourth-order valence-corrected chi connectivity index (χ4v) is 1.71. The van der Waals surface area contributed by atoms with E-state index in [1.54, 1.807) is 18.2 Å². The molecular formula is C14H14FN3O2. The average molecular weight is 275 g/mol. The largest absolute Gasteiger partial charge is 0.495 e. The Balaban J connectivity index is 2.02. The maximum absolute atomic E-state index is 13.0. The topological polar surface area (TPSA) is 77.2 Å². The van der Waals surface area contributed by atoms with Crippen molar-refractivity contribution in [3.63, 3.8) is 0 Å². The smallest absolute Gasteiger partial charge is 0.253 e. The van der Waals surface area contributed by atoms with Crippen molar-refractivity contribution in [3.05, 3.63) is 53.6 Å². The van der Waals surface area contributed by atoms with Crippen LogP contribution in [0.25, 0.3) is 0 Å². The molecule has 0 aliphatic rings. The minimum Gasteiger partial charge on any atom is -0.495 e. The molecule has 0 aliphatic heterocycles. The summed E-state index contributed by atoms with van der Waals surface area (Å²) in [5.41, 5.74) is 7.26. The number of amides is 1. The molecule has 0 fully saturated rings. The van der Waals surface area contributed by atoms with Gasteiger partial charge in [-0.15, -0.1) is 0 Å². The molecule has 2 rings (SSSR count). The molecule has 2 aromatic rings. The predicted octanol–water partition coefficient (Wildman–Crippen LogP) is 1.74. The van der Waals surface area contributed by atoms with Crippen LogP contribution in [0.1, 0.15) is 15.9 Å². The van der Waals surface area contributed by atoms with E-state index in [4.69, 9.17) is 10.5 Å². The molecule has 0 aliphatic carbocycles. The van der Waals surface area contributed by atoms with E-state index < -0.39 is 11.7 Å². The van der Waals surface area contributed by atoms with E-state index >= 15 is 0 Å². The molecule has 0 saturated heterocycles. The fraction of sp³-hybridized carbons (Fsp3) is 0.143. The first-order valence-corrected chi connectivity index (χ1v) is 5.91. The van der Waals surface area contributed by atoms with Crippen LogP contribution in [0.2, 0.25) is 0 Å². The summed E-state index contributed by atoms with van der Waals surface area (Å²) >= 11 is 0. The zero-order valence-electron chi connectivity index (χ0n) is 10.9. The molecule has 0 spiro atoms. The summed E-state index contributed by atoms with van der Waals surface area (Å²) in [5, 5.41) is 2.67. The van der Waals surface area contributed by atoms with Gasteiger partial charge in [0, 0.05) is 12.7 Å². The quantitative estimate of drug-likeness (QED) is 0.833. The second-order valence-electron chi connectivity index (χ2n) is 4.15. The molecule has 0 saturated carbocycles. The highest BCUT2D eigenvalue weighted by Crippen LogP contribution is 2.21. The summed E-state index contributed by atoms with van der Waals surface area (Å²) in [4.78, 5) is 15.4. The Kier molecular flexibility index (Phi) is 4.14. The van der Waals surface area contributed by atoms with Crippen molar-refractivity contribution in [2.24, 2.45) is 0 Å². The SMILES string of the molecule is COc1ccc(CNC(=O)c2cncc(F)c2)cc1N. The fourth-order valence-electron chi connectivity index (χ4n) is 1.71. The number of nitrogens with zero attached hydrogens (tertiary/aromatic N) is 1. The molecule has 0 radical (unpaired) electrons. The number of hydrogen-bond acceptors (Lipinski definition) is 4. The van der Waals surface area contributed by atoms with Crippen molar-refractivity contribution < 1.29 is 13.9 Å². The van der Waals surface area contributed by atoms with Crippen LogP contribution in [0.4, 0.5) is 10.1 Å². The van der Waals surface area contributed by atoms with Crippen molar-refractivity contribution >= 4 is 11.6 Å². The van der Waals surface area contributed by atoms with E-state index in [1.807, 2.05) is 0 Å². The number of anilines is 1. The lowest BCUT2D eigenvalue weighted by atomic mass is 10.2. The number of nitrogen functional groups attached to an aromatic ring is 1. The summed E-state index contributed by atoms with van der Waals surface area (Å²) in [6.07, 6.45) is 2.35. The maximum Gasteiger partial charge on any atom is 0.253 e. The number of carbonyl (C=O) groups is 1. The molecule has 6 heteroatoms. The van der Waals surface area contributed by atoms with Crippen molar-refractivity contribution in [3.8, 4) is 5.75 Å². The highest BCUT2D eigenvalue weighted by molar-refractivity contribution is 5.93. The minimum atomic E-state index is -0.550. The van der Waals surface area contributed by atoms with Crippen LogP contribution >= 0.6 is 0 Å². The van der Waals surface area contributed by atoms with E-state index in [0.717, 1.165) is 17.8 Å². The average Bonchev–Trinajstić information content (AvgIpc) is 2.45. The van der Waals surface area contributed by atoms with Crippen LogP contribution < -0.4 is 15.8 Å². The van der Waals surface area contributed by atoms with Gasteiger partial charge in [0.25, 0.3) is 5.91 Å². The Morgan fingerprint density at radius 2 is 2.20 bits per heavy atom. The normalized spacial score (nSPS) is 10.1. The number of ether oxygens (including phenoxy) is 1. The molecular weight excluding hydrogens is 261 g/mol. The van der Waals surface area contributed by atoms with Gasteiger partial charge in [0.1, 0.15) is 11.6 Å². The van der Waals surface area contributed by atoms with E-state index in [0.29, 0.717) is 11.4 Å². The summed E-state index contributed by atoms with van der Waals surface area (Å²) in [5.74, 6) is -0.368. The number of nitrogens with two attached hydrogens (primary N) is 1. The zero-order chi connectivity index (χ0) is 14.5. The van der Waals surface area contributed by atoms with Gasteiger partial charge >= 0.3 is 0 Å². The number of rotatable bonds is 4. The van der Waals surface area contributed by atoms with Crippen molar-refractivity contribution in [2.75, 3.05) is 12.8 Å². The molecule has 0 unspecified atom stereocenters. The highest BCUT2D eigenvalue weighted by atomic mass is 19.1. The third-order valence-corrected chi connectivity index (χ3v) is 2.71. The van der Waals surface area contributed by atoms with E-state index in [2.05, 4.69) is 10.3 Å². The van der Waals surface area contributed by atoms with Gasteiger partial charge in [-0.1, -0.05) is 6.07 Å². The first kappa shape index (κ1) is 13.8. The molecule has 1 amide bonds. The van der Waals surface area contributed by atoms with Crippen LogP contribution in [0.3, 0.4) is 0 Å². The summed E-state index contributed by atoms with van der Waals surface area (Å²) < 4.78 is 18.0. The number of benzene rings is 1. The molecule has 5 nitrogen and oxygen atoms in total. The number of carbonyl (C=O) groups excluding carboxylic acids is 1. The van der Waals surface area contributed by atoms with Gasteiger partial charge < -0.3 is 15.8 Å². The Bertz CT molecular complexity index is 632. The summed E-state index contributed by atoms with van der Waals surface area (Å²) in [7, 11) is 1.53. The van der Waals surface area contributed by atoms with Crippen molar-refractivity contribution in [1.82, 2.24) is 10.3 Å². The van der Waals surface area contributed by atoms with Gasteiger partial charge in [0.15, 0.2) is 0 Å². The van der Waals surface area contributed by atoms with Gasteiger partial charge in [-0.25, -0.2) is 4.39 Å². The Labute approximate surface area is 115 Å². The lowest BCUT2D eigenvalue weighted by molar-refractivity contribution is 0.0950. The lowest BCUT2D eigenvalue weighted by Gasteiger charge is -2.08. The Morgan fingerprint density at radius 1 is 1.40 bits per heavy atom. The van der Waals surface area contributed by atoms with E-state index in [1.165, 1.54) is 13.3 Å². The van der Waals surface area contributed by atoms with Gasteiger partial charge in [-0.3, -0.25) is 9.78 Å². The van der Waals surface area contributed by atoms with Gasteiger partial charge in [-0.2, -0.15) is 0 Å². The maximum atomic E-state index is 13.0. The second-order valence-corrected chi connectivity index (χ2v) is 4.15. The molecule has 1 aromatic heterocycles. The predicted molar refractivity (Wildman–Crippen MR) is 72.8 cm³/mol. The Hall–Kier alpha value is -2.63. The highest BCUT2D eigenvalue weighted by Gasteiger charge is 2.07. The number of methoxy groups -OCH3 is 1. The first-order chi connectivity index (χ1) is 9.60. The Morgan fingerprint density at radius 3 is 2.85 bits per heavy atom. The zero-order valence-corrected chi connectivity index (χ0v) is 10.9. The number of pyridine rings is 1. The molecule has 0 bridgehead atoms. The molecule has 1 aromatic carbocycles. The van der Waals surface area contributed by atoms with Gasteiger partial charge in [-0.05, 0) is 23.8 Å². The van der Waals surface area contributed by atoms with Gasteiger partial charge in [0.05, 0.1) is 24.6 Å². The van der Waals surface area contributed by atoms with Crippen LogP contribution in [0, 0.1) is 5.82 Å². The molecule has 1 heterocycles. The summed E-state index contributed by atoms with van der Waals surface area (Å²) in [6, 6.07) is 6.35. The van der Waals surface area contributed by atoms with E-state index in [9.17, 15) is 9.18 Å². The minimum absolute atomic E-state index is 0.173. The molecule has 0 atom stereocenters. The number of halogens is 1. The standard InChI is InChI=1S/C14H14FN3O2/c1-20-13-3-2-9(4-12(13)16)6-18-14(19)10-5-11(15)8-17-7-10/h2-5,7-8H,6,16H2,1H3,(H,18,19). The number of aromatic nitrogens is 1. The van der Waals surface area contributed by atoms with Crippen LogP contribution in [0.5, 0.6) is 5.75 Å². The van der Waals surface area contributed by atoms with Crippen LogP contribution in [-0.2, 0) is 6.54 Å². The summed E-state index contributed by atoms with van der Waals surface area (Å²) in [6.45, 7) is 0.281. The lowest BCUT2D eigenvalue weighted by Crippen LogP contribution is -2.23. The van der Waals surface area contributed by atoms with Crippen molar-refractivity contribution in [2.45, 2.75) is 6.54 Å². The third-order valence-electron chi connectivity index (χ3n) is 2.71. The van der Waals surface area contributed by atoms with Crippen molar-refractivity contribution in [1.29, 1.82) is 0 Å². The van der Waals surface area contributed by atoms with Gasteiger partial charge in [0.2, 0.25) is 0 Å². The second kappa shape index (κ2) is 6.01. The van der Waals surface area contributed by atoms with E-state index in [-0.39, 0.29) is 12.1 Å². The van der Waals surface area contributed by atoms with Crippen LogP contribution in [-0.4, -0.2) is 18.0 Å². The number of hydrogen-bond donors (Lipinski definition) is 2. The van der Waals surface area contributed by atoms with Crippen LogP contribution in [0.15, 0.2) is 36.7 Å². The molecule has 104 valence electrons. The molecule has 20 heavy (non-hydrogen) atoms. The monoisotopic (exact) mass is 275 g/mol. The number of nitrogens with one attached hydrogen (secondary N) is 1.